The van der Waals surface area contributed by atoms with Gasteiger partial charge in [-0.3, -0.25) is 4.79 Å². The van der Waals surface area contributed by atoms with E-state index < -0.39 is 0 Å². The van der Waals surface area contributed by atoms with Crippen LogP contribution in [-0.4, -0.2) is 20.7 Å². The Bertz CT molecular complexity index is 1160. The Kier molecular flexibility index (Phi) is 4.69. The summed E-state index contributed by atoms with van der Waals surface area (Å²) in [4.78, 5) is 12.7. The van der Waals surface area contributed by atoms with Crippen LogP contribution in [0.25, 0.3) is 22.4 Å². The van der Waals surface area contributed by atoms with E-state index in [9.17, 15) is 4.79 Å². The van der Waals surface area contributed by atoms with E-state index in [4.69, 9.17) is 4.42 Å². The number of carbonyl (C=O) groups is 1. The van der Waals surface area contributed by atoms with Crippen molar-refractivity contribution in [2.45, 2.75) is 33.7 Å². The van der Waals surface area contributed by atoms with E-state index in [0.717, 1.165) is 33.3 Å². The van der Waals surface area contributed by atoms with E-state index in [1.165, 1.54) is 0 Å². The molecule has 0 aliphatic carbocycles. The molecule has 6 nitrogen and oxygen atoms in total. The molecule has 0 aliphatic rings. The molecule has 0 bridgehead atoms. The minimum atomic E-state index is -0.0826. The predicted octanol–water partition coefficient (Wildman–Crippen LogP) is 4.51. The lowest BCUT2D eigenvalue weighted by Crippen LogP contribution is -2.18. The van der Waals surface area contributed by atoms with E-state index >= 15 is 0 Å². The van der Waals surface area contributed by atoms with Crippen LogP contribution in [0.5, 0.6) is 0 Å². The quantitative estimate of drug-likeness (QED) is 0.558. The Morgan fingerprint density at radius 3 is 2.75 bits per heavy atom. The maximum Gasteiger partial charge on any atom is 0.249 e. The lowest BCUT2D eigenvalue weighted by Gasteiger charge is -2.10. The highest BCUT2D eigenvalue weighted by Crippen LogP contribution is 2.30. The number of benzene rings is 2. The topological polar surface area (TPSA) is 73.0 Å². The van der Waals surface area contributed by atoms with Crippen LogP contribution in [-0.2, 0) is 17.8 Å². The average molecular weight is 374 g/mol. The molecule has 6 heteroatoms. The number of carbonyl (C=O) groups excluding carboxylic acids is 1. The van der Waals surface area contributed by atoms with E-state index in [2.05, 4.69) is 15.5 Å². The number of fused-ring (bicyclic) bond motifs is 1. The number of aryl methyl sites for hydroxylation is 3. The largest absolute Gasteiger partial charge is 0.421 e. The molecule has 4 aromatic rings. The first-order chi connectivity index (χ1) is 13.5. The van der Waals surface area contributed by atoms with Gasteiger partial charge in [-0.05, 0) is 37.1 Å². The lowest BCUT2D eigenvalue weighted by atomic mass is 10.1. The number of para-hydroxylation sites is 1. The maximum absolute atomic E-state index is 12.7. The van der Waals surface area contributed by atoms with Crippen molar-refractivity contribution in [3.8, 4) is 11.5 Å². The maximum atomic E-state index is 12.7. The van der Waals surface area contributed by atoms with Crippen molar-refractivity contribution < 1.29 is 9.21 Å². The van der Waals surface area contributed by atoms with Crippen LogP contribution in [0.3, 0.4) is 0 Å². The van der Waals surface area contributed by atoms with Gasteiger partial charge in [-0.25, -0.2) is 0 Å². The highest BCUT2D eigenvalue weighted by Gasteiger charge is 2.17. The molecule has 4 rings (SSSR count). The molecule has 0 fully saturated rings. The van der Waals surface area contributed by atoms with Crippen LogP contribution < -0.4 is 5.32 Å². The first kappa shape index (κ1) is 18.0. The van der Waals surface area contributed by atoms with E-state index in [1.54, 1.807) is 0 Å². The fourth-order valence-electron chi connectivity index (χ4n) is 3.27. The van der Waals surface area contributed by atoms with E-state index in [1.807, 2.05) is 74.0 Å². The molecule has 0 saturated carbocycles. The zero-order valence-electron chi connectivity index (χ0n) is 16.2. The molecule has 2 aromatic carbocycles. The monoisotopic (exact) mass is 374 g/mol. The summed E-state index contributed by atoms with van der Waals surface area (Å²) >= 11 is 0. The number of aromatic nitrogens is 3. The molecule has 0 atom stereocenters. The normalized spacial score (nSPS) is 11.1. The smallest absolute Gasteiger partial charge is 0.249 e. The Balaban J connectivity index is 1.65. The molecular weight excluding hydrogens is 352 g/mol. The summed E-state index contributed by atoms with van der Waals surface area (Å²) in [6.07, 6.45) is 2.59. The van der Waals surface area contributed by atoms with Crippen molar-refractivity contribution in [3.05, 3.63) is 65.7 Å². The van der Waals surface area contributed by atoms with Crippen LogP contribution in [0.4, 0.5) is 5.69 Å². The summed E-state index contributed by atoms with van der Waals surface area (Å²) in [5, 5.41) is 12.2. The fraction of sp³-hybridized carbons (Fsp3) is 0.227. The third-order valence-electron chi connectivity index (χ3n) is 4.77. The van der Waals surface area contributed by atoms with Crippen LogP contribution in [0.2, 0.25) is 0 Å². The Morgan fingerprint density at radius 1 is 1.14 bits per heavy atom. The van der Waals surface area contributed by atoms with Crippen molar-refractivity contribution in [2.75, 3.05) is 5.32 Å². The number of nitrogens with zero attached hydrogens (tertiary/aromatic N) is 3. The highest BCUT2D eigenvalue weighted by atomic mass is 16.4. The van der Waals surface area contributed by atoms with Crippen molar-refractivity contribution >= 4 is 22.5 Å². The molecule has 28 heavy (non-hydrogen) atoms. The average Bonchev–Trinajstić information content (AvgIpc) is 3.30. The standard InChI is InChI=1S/C22H22N4O2/c1-4-21-24-25-22(28-21)17-12-26(19-8-6-5-7-16(17)19)13-20(27)23-18-11-14(2)9-10-15(18)3/h5-12H,4,13H2,1-3H3,(H,23,27). The minimum absolute atomic E-state index is 0.0826. The molecule has 0 aliphatic heterocycles. The number of amides is 1. The van der Waals surface area contributed by atoms with Gasteiger partial charge in [-0.15, -0.1) is 10.2 Å². The first-order valence-electron chi connectivity index (χ1n) is 9.33. The zero-order chi connectivity index (χ0) is 19.7. The number of nitrogens with one attached hydrogen (secondary N) is 1. The minimum Gasteiger partial charge on any atom is -0.421 e. The van der Waals surface area contributed by atoms with Crippen LogP contribution in [0.1, 0.15) is 23.9 Å². The Labute approximate surface area is 163 Å². The second kappa shape index (κ2) is 7.31. The van der Waals surface area contributed by atoms with Gasteiger partial charge in [0.2, 0.25) is 17.7 Å². The van der Waals surface area contributed by atoms with Gasteiger partial charge in [0, 0.05) is 29.2 Å². The second-order valence-electron chi connectivity index (χ2n) is 6.91. The van der Waals surface area contributed by atoms with Crippen molar-refractivity contribution in [1.29, 1.82) is 0 Å². The third-order valence-corrected chi connectivity index (χ3v) is 4.77. The summed E-state index contributed by atoms with van der Waals surface area (Å²) in [6, 6.07) is 13.9. The zero-order valence-corrected chi connectivity index (χ0v) is 16.2. The van der Waals surface area contributed by atoms with Crippen molar-refractivity contribution in [3.63, 3.8) is 0 Å². The SMILES string of the molecule is CCc1nnc(-c2cn(CC(=O)Nc3cc(C)ccc3C)c3ccccc23)o1. The molecule has 142 valence electrons. The number of hydrogen-bond acceptors (Lipinski definition) is 4. The Morgan fingerprint density at radius 2 is 1.96 bits per heavy atom. The molecule has 2 aromatic heterocycles. The van der Waals surface area contributed by atoms with Gasteiger partial charge >= 0.3 is 0 Å². The molecule has 0 spiro atoms. The van der Waals surface area contributed by atoms with Gasteiger partial charge in [0.1, 0.15) is 6.54 Å². The molecular formula is C22H22N4O2. The van der Waals surface area contributed by atoms with Crippen LogP contribution in [0, 0.1) is 13.8 Å². The molecule has 0 saturated heterocycles. The van der Waals surface area contributed by atoms with Gasteiger partial charge in [-0.1, -0.05) is 37.3 Å². The molecule has 1 amide bonds. The summed E-state index contributed by atoms with van der Waals surface area (Å²) in [5.74, 6) is 0.988. The van der Waals surface area contributed by atoms with Crippen LogP contribution >= 0.6 is 0 Å². The van der Waals surface area contributed by atoms with Crippen molar-refractivity contribution in [1.82, 2.24) is 14.8 Å². The predicted molar refractivity (Wildman–Crippen MR) is 109 cm³/mol. The summed E-state index contributed by atoms with van der Waals surface area (Å²) in [6.45, 7) is 6.16. The fourth-order valence-corrected chi connectivity index (χ4v) is 3.27. The molecule has 0 radical (unpaired) electrons. The van der Waals surface area contributed by atoms with E-state index in [-0.39, 0.29) is 12.5 Å². The molecule has 1 N–H and O–H groups in total. The summed E-state index contributed by atoms with van der Waals surface area (Å²) < 4.78 is 7.65. The van der Waals surface area contributed by atoms with E-state index in [0.29, 0.717) is 18.2 Å². The van der Waals surface area contributed by atoms with Gasteiger partial charge in [0.15, 0.2) is 0 Å². The van der Waals surface area contributed by atoms with Crippen LogP contribution in [0.15, 0.2) is 53.1 Å². The van der Waals surface area contributed by atoms with Crippen molar-refractivity contribution in [2.24, 2.45) is 0 Å². The van der Waals surface area contributed by atoms with Gasteiger partial charge in [-0.2, -0.15) is 0 Å². The third kappa shape index (κ3) is 3.41. The molecule has 0 unspecified atom stereocenters. The lowest BCUT2D eigenvalue weighted by molar-refractivity contribution is -0.116. The molecule has 2 heterocycles. The first-order valence-corrected chi connectivity index (χ1v) is 9.33. The highest BCUT2D eigenvalue weighted by molar-refractivity contribution is 5.96. The second-order valence-corrected chi connectivity index (χ2v) is 6.91. The van der Waals surface area contributed by atoms with Gasteiger partial charge in [0.25, 0.3) is 0 Å². The summed E-state index contributed by atoms with van der Waals surface area (Å²) in [5.41, 5.74) is 4.77. The van der Waals surface area contributed by atoms with Gasteiger partial charge in [0.05, 0.1) is 5.56 Å². The Hall–Kier alpha value is -3.41. The number of anilines is 1. The number of rotatable bonds is 5. The summed E-state index contributed by atoms with van der Waals surface area (Å²) in [7, 11) is 0. The number of hydrogen-bond donors (Lipinski definition) is 1. The van der Waals surface area contributed by atoms with Gasteiger partial charge < -0.3 is 14.3 Å².